The molecule has 1 saturated carbocycles. The molecule has 5 nitrogen and oxygen atoms in total. The molecule has 0 saturated heterocycles. The van der Waals surface area contributed by atoms with Gasteiger partial charge in [0.1, 0.15) is 0 Å². The Bertz CT molecular complexity index is 452. The summed E-state index contributed by atoms with van der Waals surface area (Å²) in [5, 5.41) is 15.3. The molecule has 0 radical (unpaired) electrons. The lowest BCUT2D eigenvalue weighted by atomic mass is 9.82. The first kappa shape index (κ1) is 13.0. The van der Waals surface area contributed by atoms with Crippen LogP contribution in [-0.2, 0) is 4.79 Å². The van der Waals surface area contributed by atoms with Crippen LogP contribution < -0.4 is 10.6 Å². The van der Waals surface area contributed by atoms with Gasteiger partial charge in [-0.2, -0.15) is 0 Å². The van der Waals surface area contributed by atoms with Crippen molar-refractivity contribution in [1.82, 2.24) is 5.32 Å². The van der Waals surface area contributed by atoms with E-state index < -0.39 is 0 Å². The molecular weight excluding hydrogens is 252 g/mol. The Balaban J connectivity index is 1.81. The van der Waals surface area contributed by atoms with E-state index in [9.17, 15) is 9.59 Å². The molecule has 0 bridgehead atoms. The predicted octanol–water partition coefficient (Wildman–Crippen LogP) is 1.21. The van der Waals surface area contributed by atoms with Gasteiger partial charge in [-0.1, -0.05) is 0 Å². The highest BCUT2D eigenvalue weighted by atomic mass is 32.1. The lowest BCUT2D eigenvalue weighted by Crippen LogP contribution is -2.38. The number of rotatable bonds is 4. The second-order valence-electron chi connectivity index (χ2n) is 4.55. The van der Waals surface area contributed by atoms with Gasteiger partial charge in [-0.15, -0.1) is 11.3 Å². The molecule has 1 aromatic rings. The molecule has 0 unspecified atom stereocenters. The summed E-state index contributed by atoms with van der Waals surface area (Å²) in [7, 11) is 0. The predicted molar refractivity (Wildman–Crippen MR) is 69.7 cm³/mol. The first-order chi connectivity index (χ1) is 8.54. The number of amides is 2. The van der Waals surface area contributed by atoms with Gasteiger partial charge in [-0.3, -0.25) is 9.59 Å². The Morgan fingerprint density at radius 2 is 2.17 bits per heavy atom. The van der Waals surface area contributed by atoms with E-state index in [1.807, 2.05) is 0 Å². The maximum atomic E-state index is 11.8. The third kappa shape index (κ3) is 3.30. The van der Waals surface area contributed by atoms with Crippen molar-refractivity contribution in [2.75, 3.05) is 11.9 Å². The summed E-state index contributed by atoms with van der Waals surface area (Å²) >= 11 is 1.25. The van der Waals surface area contributed by atoms with Crippen LogP contribution in [0.3, 0.4) is 0 Å². The van der Waals surface area contributed by atoms with Crippen LogP contribution in [0.5, 0.6) is 0 Å². The van der Waals surface area contributed by atoms with Crippen LogP contribution in [0.4, 0.5) is 5.00 Å². The van der Waals surface area contributed by atoms with Crippen molar-refractivity contribution >= 4 is 28.2 Å². The Morgan fingerprint density at radius 3 is 2.78 bits per heavy atom. The number of hydrogen-bond acceptors (Lipinski definition) is 4. The SMILES string of the molecule is CC(=O)Nc1ccc(C(=O)NCC2CC(O)C2)s1. The van der Waals surface area contributed by atoms with Gasteiger partial charge >= 0.3 is 0 Å². The van der Waals surface area contributed by atoms with Crippen LogP contribution >= 0.6 is 11.3 Å². The molecule has 0 spiro atoms. The van der Waals surface area contributed by atoms with E-state index >= 15 is 0 Å². The standard InChI is InChI=1S/C12H16N2O3S/c1-7(15)14-11-3-2-10(18-11)12(17)13-6-8-4-9(16)5-8/h2-3,8-9,16H,4-6H2,1H3,(H,13,17)(H,14,15). The Kier molecular flexibility index (Phi) is 3.98. The van der Waals surface area contributed by atoms with E-state index in [1.54, 1.807) is 12.1 Å². The van der Waals surface area contributed by atoms with E-state index in [4.69, 9.17) is 5.11 Å². The number of carbonyl (C=O) groups excluding carboxylic acids is 2. The van der Waals surface area contributed by atoms with E-state index in [2.05, 4.69) is 10.6 Å². The zero-order chi connectivity index (χ0) is 13.1. The zero-order valence-corrected chi connectivity index (χ0v) is 10.9. The molecule has 1 aliphatic rings. The van der Waals surface area contributed by atoms with Gasteiger partial charge in [-0.25, -0.2) is 0 Å². The zero-order valence-electron chi connectivity index (χ0n) is 10.1. The molecule has 0 aromatic carbocycles. The molecule has 0 aliphatic heterocycles. The van der Waals surface area contributed by atoms with Crippen LogP contribution in [0, 0.1) is 5.92 Å². The summed E-state index contributed by atoms with van der Waals surface area (Å²) in [5.41, 5.74) is 0. The number of aliphatic hydroxyl groups is 1. The van der Waals surface area contributed by atoms with Gasteiger partial charge in [0, 0.05) is 13.5 Å². The van der Waals surface area contributed by atoms with Crippen LogP contribution in [0.15, 0.2) is 12.1 Å². The molecule has 0 atom stereocenters. The summed E-state index contributed by atoms with van der Waals surface area (Å²) in [6.07, 6.45) is 1.34. The van der Waals surface area contributed by atoms with Crippen molar-refractivity contribution < 1.29 is 14.7 Å². The van der Waals surface area contributed by atoms with E-state index in [-0.39, 0.29) is 17.9 Å². The summed E-state index contributed by atoms with van der Waals surface area (Å²) in [6.45, 7) is 2.03. The summed E-state index contributed by atoms with van der Waals surface area (Å²) in [6, 6.07) is 3.41. The molecular formula is C12H16N2O3S. The second-order valence-corrected chi connectivity index (χ2v) is 5.63. The van der Waals surface area contributed by atoms with Gasteiger partial charge < -0.3 is 15.7 Å². The molecule has 1 aromatic heterocycles. The highest BCUT2D eigenvalue weighted by Gasteiger charge is 2.27. The highest BCUT2D eigenvalue weighted by molar-refractivity contribution is 7.18. The van der Waals surface area contributed by atoms with Crippen LogP contribution in [0.1, 0.15) is 29.4 Å². The first-order valence-corrected chi connectivity index (χ1v) is 6.70. The number of thiophene rings is 1. The minimum absolute atomic E-state index is 0.127. The lowest BCUT2D eigenvalue weighted by molar-refractivity contribution is -0.114. The topological polar surface area (TPSA) is 78.4 Å². The van der Waals surface area contributed by atoms with Gasteiger partial charge in [0.05, 0.1) is 16.0 Å². The number of hydrogen-bond donors (Lipinski definition) is 3. The van der Waals surface area contributed by atoms with Crippen LogP contribution in [-0.4, -0.2) is 29.6 Å². The number of aliphatic hydroxyl groups excluding tert-OH is 1. The number of anilines is 1. The van der Waals surface area contributed by atoms with Gasteiger partial charge in [0.2, 0.25) is 5.91 Å². The Hall–Kier alpha value is -1.40. The minimum atomic E-state index is -0.194. The highest BCUT2D eigenvalue weighted by Crippen LogP contribution is 2.26. The van der Waals surface area contributed by atoms with E-state index in [0.29, 0.717) is 22.3 Å². The largest absolute Gasteiger partial charge is 0.393 e. The molecule has 3 N–H and O–H groups in total. The quantitative estimate of drug-likeness (QED) is 0.768. The number of nitrogens with one attached hydrogen (secondary N) is 2. The minimum Gasteiger partial charge on any atom is -0.393 e. The Morgan fingerprint density at radius 1 is 1.44 bits per heavy atom. The molecule has 1 aliphatic carbocycles. The van der Waals surface area contributed by atoms with E-state index in [0.717, 1.165) is 12.8 Å². The lowest BCUT2D eigenvalue weighted by Gasteiger charge is -2.31. The average Bonchev–Trinajstić information content (AvgIpc) is 2.70. The summed E-state index contributed by atoms with van der Waals surface area (Å²) in [4.78, 5) is 23.2. The van der Waals surface area contributed by atoms with Gasteiger partial charge in [-0.05, 0) is 30.9 Å². The van der Waals surface area contributed by atoms with Gasteiger partial charge in [0.25, 0.3) is 5.91 Å². The fraction of sp³-hybridized carbons (Fsp3) is 0.500. The van der Waals surface area contributed by atoms with Crippen molar-refractivity contribution in [1.29, 1.82) is 0 Å². The maximum Gasteiger partial charge on any atom is 0.261 e. The fourth-order valence-electron chi connectivity index (χ4n) is 1.89. The Labute approximate surface area is 109 Å². The van der Waals surface area contributed by atoms with Crippen molar-refractivity contribution in [3.05, 3.63) is 17.0 Å². The van der Waals surface area contributed by atoms with Crippen molar-refractivity contribution in [3.63, 3.8) is 0 Å². The third-order valence-corrected chi connectivity index (χ3v) is 3.89. The molecule has 2 rings (SSSR count). The normalized spacial score (nSPS) is 22.1. The van der Waals surface area contributed by atoms with Crippen molar-refractivity contribution in [3.8, 4) is 0 Å². The third-order valence-electron chi connectivity index (χ3n) is 2.89. The van der Waals surface area contributed by atoms with Crippen LogP contribution in [0.2, 0.25) is 0 Å². The van der Waals surface area contributed by atoms with E-state index in [1.165, 1.54) is 18.3 Å². The fourth-order valence-corrected chi connectivity index (χ4v) is 2.76. The molecule has 98 valence electrons. The molecule has 18 heavy (non-hydrogen) atoms. The molecule has 1 fully saturated rings. The molecule has 2 amide bonds. The smallest absolute Gasteiger partial charge is 0.261 e. The summed E-state index contributed by atoms with van der Waals surface area (Å²) in [5.74, 6) is 0.115. The van der Waals surface area contributed by atoms with Crippen molar-refractivity contribution in [2.45, 2.75) is 25.9 Å². The maximum absolute atomic E-state index is 11.8. The molecule has 6 heteroatoms. The van der Waals surface area contributed by atoms with Crippen molar-refractivity contribution in [2.24, 2.45) is 5.92 Å². The summed E-state index contributed by atoms with van der Waals surface area (Å²) < 4.78 is 0. The van der Waals surface area contributed by atoms with Crippen LogP contribution in [0.25, 0.3) is 0 Å². The monoisotopic (exact) mass is 268 g/mol. The second kappa shape index (κ2) is 5.49. The molecule has 1 heterocycles. The van der Waals surface area contributed by atoms with Gasteiger partial charge in [0.15, 0.2) is 0 Å². The number of carbonyl (C=O) groups is 2. The first-order valence-electron chi connectivity index (χ1n) is 5.88. The average molecular weight is 268 g/mol.